The Morgan fingerprint density at radius 2 is 1.76 bits per heavy atom. The summed E-state index contributed by atoms with van der Waals surface area (Å²) < 4.78 is 22.1. The maximum absolute atomic E-state index is 15.4. The number of nitrogens with zero attached hydrogens (tertiary/aromatic N) is 2. The minimum atomic E-state index is -0.840. The van der Waals surface area contributed by atoms with E-state index in [0.29, 0.717) is 40.1 Å². The van der Waals surface area contributed by atoms with E-state index in [9.17, 15) is 14.7 Å². The molecule has 10 heteroatoms. The van der Waals surface area contributed by atoms with Gasteiger partial charge in [-0.3, -0.25) is 14.8 Å². The number of nitrogens with one attached hydrogen (secondary N) is 1. The fourth-order valence-corrected chi connectivity index (χ4v) is 4.83. The topological polar surface area (TPSA) is 93.5 Å². The number of carboxylic acid groups (broad SMARTS) is 1. The van der Waals surface area contributed by atoms with Crippen LogP contribution in [0.4, 0.5) is 15.0 Å². The predicted molar refractivity (Wildman–Crippen MR) is 143 cm³/mol. The molecule has 0 spiro atoms. The Hall–Kier alpha value is -3.88. The van der Waals surface area contributed by atoms with Crippen LogP contribution in [-0.4, -0.2) is 26.9 Å². The average molecular weight is 554 g/mol. The third-order valence-electron chi connectivity index (χ3n) is 6.73. The molecular weight excluding hydrogens is 532 g/mol. The minimum Gasteiger partial charge on any atom is -0.481 e. The van der Waals surface area contributed by atoms with Crippen molar-refractivity contribution in [1.82, 2.24) is 9.78 Å². The summed E-state index contributed by atoms with van der Waals surface area (Å²) in [6, 6.07) is 16.7. The highest BCUT2D eigenvalue weighted by Gasteiger charge is 2.51. The van der Waals surface area contributed by atoms with Crippen LogP contribution in [0.25, 0.3) is 22.3 Å². The molecule has 0 bridgehead atoms. The second-order valence-electron chi connectivity index (χ2n) is 9.10. The van der Waals surface area contributed by atoms with Gasteiger partial charge in [0.15, 0.2) is 0 Å². The lowest BCUT2D eigenvalue weighted by Gasteiger charge is -2.13. The predicted octanol–water partition coefficient (Wildman–Crippen LogP) is 7.06. The molecule has 1 saturated carbocycles. The number of benzene rings is 3. The zero-order valence-corrected chi connectivity index (χ0v) is 21.7. The maximum Gasteiger partial charge on any atom is 0.413 e. The SMILES string of the molecule is Cn1ncc(-c2cc(Cl)c(-c3ccc(C4(C(=O)O)CC4)cc3)cc2F)c1NC(=O)OCc1ccccc1Cl. The molecule has 1 heterocycles. The van der Waals surface area contributed by atoms with Crippen LogP contribution in [-0.2, 0) is 28.6 Å². The van der Waals surface area contributed by atoms with Crippen molar-refractivity contribution in [2.45, 2.75) is 24.9 Å². The van der Waals surface area contributed by atoms with E-state index in [-0.39, 0.29) is 23.0 Å². The van der Waals surface area contributed by atoms with Gasteiger partial charge in [-0.15, -0.1) is 0 Å². The smallest absolute Gasteiger partial charge is 0.413 e. The molecule has 3 aromatic carbocycles. The minimum absolute atomic E-state index is 0.0417. The Kier molecular flexibility index (Phi) is 6.86. The summed E-state index contributed by atoms with van der Waals surface area (Å²) in [6.45, 7) is -0.0417. The molecule has 194 valence electrons. The summed E-state index contributed by atoms with van der Waals surface area (Å²) in [5.41, 5.74) is 2.11. The number of carboxylic acids is 1. The van der Waals surface area contributed by atoms with Gasteiger partial charge in [0.25, 0.3) is 0 Å². The van der Waals surface area contributed by atoms with E-state index >= 15 is 4.39 Å². The summed E-state index contributed by atoms with van der Waals surface area (Å²) in [6.07, 6.45) is 1.86. The highest BCUT2D eigenvalue weighted by Crippen LogP contribution is 2.49. The van der Waals surface area contributed by atoms with Crippen LogP contribution < -0.4 is 5.32 Å². The van der Waals surface area contributed by atoms with Gasteiger partial charge in [-0.2, -0.15) is 5.10 Å². The highest BCUT2D eigenvalue weighted by atomic mass is 35.5. The molecule has 1 aliphatic carbocycles. The average Bonchev–Trinajstić information content (AvgIpc) is 3.65. The van der Waals surface area contributed by atoms with E-state index < -0.39 is 23.3 Å². The third kappa shape index (κ3) is 4.85. The number of halogens is 3. The summed E-state index contributed by atoms with van der Waals surface area (Å²) >= 11 is 12.7. The first-order chi connectivity index (χ1) is 18.2. The molecule has 7 nitrogen and oxygen atoms in total. The number of ether oxygens (including phenoxy) is 1. The summed E-state index contributed by atoms with van der Waals surface area (Å²) in [5.74, 6) is -1.19. The molecular formula is C28H22Cl2FN3O4. The molecule has 0 atom stereocenters. The number of carbonyl (C=O) groups excluding carboxylic acids is 1. The number of anilines is 1. The van der Waals surface area contributed by atoms with Gasteiger partial charge in [0.2, 0.25) is 0 Å². The van der Waals surface area contributed by atoms with Crippen LogP contribution in [0.2, 0.25) is 10.0 Å². The van der Waals surface area contributed by atoms with E-state index in [4.69, 9.17) is 27.9 Å². The highest BCUT2D eigenvalue weighted by molar-refractivity contribution is 6.33. The van der Waals surface area contributed by atoms with Gasteiger partial charge in [0.05, 0.1) is 11.6 Å². The lowest BCUT2D eigenvalue weighted by Crippen LogP contribution is -2.19. The Bertz CT molecular complexity index is 1550. The largest absolute Gasteiger partial charge is 0.481 e. The molecule has 2 N–H and O–H groups in total. The van der Waals surface area contributed by atoms with Gasteiger partial charge in [-0.05, 0) is 42.2 Å². The first kappa shape index (κ1) is 25.8. The maximum atomic E-state index is 15.4. The Balaban J connectivity index is 1.37. The van der Waals surface area contributed by atoms with E-state index in [1.807, 2.05) is 0 Å². The fourth-order valence-electron chi connectivity index (χ4n) is 4.37. The lowest BCUT2D eigenvalue weighted by molar-refractivity contribution is -0.140. The van der Waals surface area contributed by atoms with Crippen molar-refractivity contribution in [3.8, 4) is 22.3 Å². The Morgan fingerprint density at radius 1 is 1.05 bits per heavy atom. The number of aryl methyl sites for hydroxylation is 1. The van der Waals surface area contributed by atoms with Crippen molar-refractivity contribution >= 4 is 41.1 Å². The molecule has 0 saturated heterocycles. The van der Waals surface area contributed by atoms with Gasteiger partial charge < -0.3 is 9.84 Å². The van der Waals surface area contributed by atoms with E-state index in [0.717, 1.165) is 5.56 Å². The van der Waals surface area contributed by atoms with Crippen LogP contribution in [0.3, 0.4) is 0 Å². The van der Waals surface area contributed by atoms with Crippen LogP contribution in [0.5, 0.6) is 0 Å². The van der Waals surface area contributed by atoms with Crippen LogP contribution in [0, 0.1) is 5.82 Å². The molecule has 38 heavy (non-hydrogen) atoms. The second kappa shape index (κ2) is 10.1. The van der Waals surface area contributed by atoms with E-state index in [2.05, 4.69) is 10.4 Å². The molecule has 1 fully saturated rings. The van der Waals surface area contributed by atoms with Gasteiger partial charge >= 0.3 is 12.1 Å². The van der Waals surface area contributed by atoms with Crippen molar-refractivity contribution < 1.29 is 23.8 Å². The van der Waals surface area contributed by atoms with Crippen molar-refractivity contribution in [3.05, 3.63) is 93.8 Å². The van der Waals surface area contributed by atoms with E-state index in [1.54, 1.807) is 55.6 Å². The standard InChI is InChI=1S/C28H22Cl2FN3O4/c1-34-25(33-27(37)38-15-17-4-2-3-5-22(17)29)21(14-32-34)20-12-23(30)19(13-24(20)31)16-6-8-18(9-7-16)28(10-11-28)26(35)36/h2-9,12-14H,10-11,15H2,1H3,(H,33,37)(H,35,36). The number of aromatic nitrogens is 2. The zero-order chi connectivity index (χ0) is 27.0. The number of aliphatic carboxylic acids is 1. The fraction of sp³-hybridized carbons (Fsp3) is 0.179. The van der Waals surface area contributed by atoms with Crippen molar-refractivity contribution in [2.75, 3.05) is 5.32 Å². The summed E-state index contributed by atoms with van der Waals surface area (Å²) in [4.78, 5) is 24.1. The lowest BCUT2D eigenvalue weighted by atomic mass is 9.93. The van der Waals surface area contributed by atoms with Gasteiger partial charge in [-0.1, -0.05) is 65.7 Å². The number of rotatable bonds is 7. The molecule has 4 aromatic rings. The first-order valence-corrected chi connectivity index (χ1v) is 12.5. The van der Waals surface area contributed by atoms with Gasteiger partial charge in [0.1, 0.15) is 18.2 Å². The van der Waals surface area contributed by atoms with E-state index in [1.165, 1.54) is 23.0 Å². The third-order valence-corrected chi connectivity index (χ3v) is 7.41. The first-order valence-electron chi connectivity index (χ1n) is 11.7. The number of hydrogen-bond donors (Lipinski definition) is 2. The molecule has 0 radical (unpaired) electrons. The molecule has 1 aliphatic rings. The summed E-state index contributed by atoms with van der Waals surface area (Å²) in [5, 5.41) is 17.0. The summed E-state index contributed by atoms with van der Waals surface area (Å²) in [7, 11) is 1.60. The van der Waals surface area contributed by atoms with Crippen LogP contribution in [0.1, 0.15) is 24.0 Å². The number of hydrogen-bond acceptors (Lipinski definition) is 4. The number of amides is 1. The normalized spacial score (nSPS) is 13.7. The number of carbonyl (C=O) groups is 2. The van der Waals surface area contributed by atoms with Crippen LogP contribution in [0.15, 0.2) is 66.9 Å². The quantitative estimate of drug-likeness (QED) is 0.255. The molecule has 1 amide bonds. The van der Waals surface area contributed by atoms with Crippen LogP contribution >= 0.6 is 23.2 Å². The monoisotopic (exact) mass is 553 g/mol. The molecule has 0 aliphatic heterocycles. The Labute approximate surface area is 227 Å². The van der Waals surface area contributed by atoms with Crippen molar-refractivity contribution in [1.29, 1.82) is 0 Å². The molecule has 0 unspecified atom stereocenters. The van der Waals surface area contributed by atoms with Gasteiger partial charge in [0, 0.05) is 39.3 Å². The van der Waals surface area contributed by atoms with Gasteiger partial charge in [-0.25, -0.2) is 9.18 Å². The molecule has 1 aromatic heterocycles. The van der Waals surface area contributed by atoms with Crippen molar-refractivity contribution in [3.63, 3.8) is 0 Å². The van der Waals surface area contributed by atoms with Crippen molar-refractivity contribution in [2.24, 2.45) is 7.05 Å². The Morgan fingerprint density at radius 3 is 2.42 bits per heavy atom. The second-order valence-corrected chi connectivity index (χ2v) is 9.91. The molecule has 5 rings (SSSR count). The zero-order valence-electron chi connectivity index (χ0n) is 20.2.